The lowest BCUT2D eigenvalue weighted by Crippen LogP contribution is -2.29. The molecule has 0 saturated heterocycles. The normalized spacial score (nSPS) is 13.1. The highest BCUT2D eigenvalue weighted by molar-refractivity contribution is 7.15. The summed E-state index contributed by atoms with van der Waals surface area (Å²) in [5.41, 5.74) is 1.04. The Morgan fingerprint density at radius 3 is 2.41 bits per heavy atom. The first kappa shape index (κ1) is 14.5. The van der Waals surface area contributed by atoms with Gasteiger partial charge in [0.15, 0.2) is 5.13 Å². The Bertz CT molecular complexity index is 328. The molecule has 1 unspecified atom stereocenters. The fraction of sp³-hybridized carbons (Fsp3) is 0.769. The molecule has 0 bridgehead atoms. The lowest BCUT2D eigenvalue weighted by Gasteiger charge is -2.25. The number of rotatable bonds is 6. The molecule has 0 aliphatic carbocycles. The van der Waals surface area contributed by atoms with Gasteiger partial charge in [-0.05, 0) is 25.7 Å². The number of aliphatic hydroxyl groups is 1. The average molecular weight is 256 g/mol. The molecule has 0 saturated carbocycles. The fourth-order valence-electron chi connectivity index (χ4n) is 1.95. The van der Waals surface area contributed by atoms with Gasteiger partial charge in [-0.25, -0.2) is 4.98 Å². The monoisotopic (exact) mass is 256 g/mol. The first-order valence-corrected chi connectivity index (χ1v) is 7.13. The van der Waals surface area contributed by atoms with E-state index < -0.39 is 0 Å². The predicted octanol–water partition coefficient (Wildman–Crippen LogP) is 3.07. The summed E-state index contributed by atoms with van der Waals surface area (Å²) in [6.45, 7) is 8.89. The van der Waals surface area contributed by atoms with Crippen LogP contribution < -0.4 is 4.90 Å². The standard InChI is InChI=1S/C13H24N2OS/c1-6-11-12(8-16)17-13(14-11)15(5)10(4)7-9(2)3/h9-10,16H,6-8H2,1-5H3. The Hall–Kier alpha value is -0.610. The summed E-state index contributed by atoms with van der Waals surface area (Å²) < 4.78 is 0. The highest BCUT2D eigenvalue weighted by Gasteiger charge is 2.17. The summed E-state index contributed by atoms with van der Waals surface area (Å²) in [4.78, 5) is 7.84. The number of aryl methyl sites for hydroxylation is 1. The summed E-state index contributed by atoms with van der Waals surface area (Å²) in [5, 5.41) is 10.3. The van der Waals surface area contributed by atoms with Gasteiger partial charge >= 0.3 is 0 Å². The van der Waals surface area contributed by atoms with E-state index in [0.29, 0.717) is 12.0 Å². The minimum absolute atomic E-state index is 0.104. The van der Waals surface area contributed by atoms with Gasteiger partial charge in [-0.3, -0.25) is 0 Å². The summed E-state index contributed by atoms with van der Waals surface area (Å²) in [6, 6.07) is 0.484. The lowest BCUT2D eigenvalue weighted by atomic mass is 10.0. The Morgan fingerprint density at radius 2 is 2.00 bits per heavy atom. The summed E-state index contributed by atoms with van der Waals surface area (Å²) in [7, 11) is 2.09. The second-order valence-corrected chi connectivity index (χ2v) is 6.03. The molecule has 1 rings (SSSR count). The SMILES string of the molecule is CCc1nc(N(C)C(C)CC(C)C)sc1CO. The molecule has 1 aromatic rings. The predicted molar refractivity (Wildman–Crippen MR) is 74.7 cm³/mol. The van der Waals surface area contributed by atoms with Crippen molar-refractivity contribution in [2.24, 2.45) is 5.92 Å². The van der Waals surface area contributed by atoms with Crippen LogP contribution >= 0.6 is 11.3 Å². The topological polar surface area (TPSA) is 36.4 Å². The van der Waals surface area contributed by atoms with E-state index in [2.05, 4.69) is 44.6 Å². The van der Waals surface area contributed by atoms with Crippen molar-refractivity contribution in [1.29, 1.82) is 0 Å². The highest BCUT2D eigenvalue weighted by atomic mass is 32.1. The molecule has 0 radical (unpaired) electrons. The van der Waals surface area contributed by atoms with Crippen molar-refractivity contribution in [3.8, 4) is 0 Å². The van der Waals surface area contributed by atoms with Crippen molar-refractivity contribution in [2.75, 3.05) is 11.9 Å². The molecule has 17 heavy (non-hydrogen) atoms. The molecule has 0 aromatic carbocycles. The zero-order valence-electron chi connectivity index (χ0n) is 11.5. The van der Waals surface area contributed by atoms with Crippen LogP contribution in [0.25, 0.3) is 0 Å². The maximum Gasteiger partial charge on any atom is 0.185 e. The van der Waals surface area contributed by atoms with Gasteiger partial charge in [-0.15, -0.1) is 0 Å². The second kappa shape index (κ2) is 6.36. The van der Waals surface area contributed by atoms with Crippen molar-refractivity contribution in [3.63, 3.8) is 0 Å². The van der Waals surface area contributed by atoms with Crippen LogP contribution in [0.15, 0.2) is 0 Å². The van der Waals surface area contributed by atoms with Crippen molar-refractivity contribution in [3.05, 3.63) is 10.6 Å². The van der Waals surface area contributed by atoms with Crippen LogP contribution in [0.1, 0.15) is 44.7 Å². The Labute approximate surface area is 108 Å². The molecular weight excluding hydrogens is 232 g/mol. The molecule has 1 heterocycles. The van der Waals surface area contributed by atoms with E-state index in [9.17, 15) is 5.11 Å². The smallest absolute Gasteiger partial charge is 0.185 e. The summed E-state index contributed by atoms with van der Waals surface area (Å²) in [6.07, 6.45) is 2.05. The van der Waals surface area contributed by atoms with Gasteiger partial charge in [-0.2, -0.15) is 0 Å². The molecule has 3 nitrogen and oxygen atoms in total. The van der Waals surface area contributed by atoms with E-state index in [1.807, 2.05) is 0 Å². The van der Waals surface area contributed by atoms with Crippen LogP contribution in [0.5, 0.6) is 0 Å². The van der Waals surface area contributed by atoms with Gasteiger partial charge in [0.25, 0.3) is 0 Å². The number of hydrogen-bond acceptors (Lipinski definition) is 4. The molecule has 0 fully saturated rings. The van der Waals surface area contributed by atoms with Gasteiger partial charge in [-0.1, -0.05) is 32.1 Å². The molecule has 0 aliphatic heterocycles. The van der Waals surface area contributed by atoms with E-state index in [-0.39, 0.29) is 6.61 Å². The van der Waals surface area contributed by atoms with Crippen LogP contribution in [-0.2, 0) is 13.0 Å². The first-order valence-electron chi connectivity index (χ1n) is 6.31. The van der Waals surface area contributed by atoms with Gasteiger partial charge in [0.05, 0.1) is 17.2 Å². The third kappa shape index (κ3) is 3.68. The first-order chi connectivity index (χ1) is 7.99. The minimum atomic E-state index is 0.104. The number of nitrogens with zero attached hydrogens (tertiary/aromatic N) is 2. The zero-order valence-corrected chi connectivity index (χ0v) is 12.3. The number of aliphatic hydroxyl groups excluding tert-OH is 1. The molecule has 1 aromatic heterocycles. The summed E-state index contributed by atoms with van der Waals surface area (Å²) in [5.74, 6) is 0.690. The molecule has 0 aliphatic rings. The third-order valence-electron chi connectivity index (χ3n) is 3.02. The van der Waals surface area contributed by atoms with E-state index >= 15 is 0 Å². The fourth-order valence-corrected chi connectivity index (χ4v) is 3.02. The molecule has 0 amide bonds. The second-order valence-electron chi connectivity index (χ2n) is 4.97. The summed E-state index contributed by atoms with van der Waals surface area (Å²) >= 11 is 1.61. The Morgan fingerprint density at radius 1 is 1.35 bits per heavy atom. The van der Waals surface area contributed by atoms with Gasteiger partial charge in [0, 0.05) is 13.1 Å². The maximum atomic E-state index is 9.28. The molecule has 0 spiro atoms. The molecule has 98 valence electrons. The van der Waals surface area contributed by atoms with E-state index in [0.717, 1.165) is 28.5 Å². The van der Waals surface area contributed by atoms with Crippen LogP contribution in [0.3, 0.4) is 0 Å². The third-order valence-corrected chi connectivity index (χ3v) is 4.19. The molecule has 4 heteroatoms. The lowest BCUT2D eigenvalue weighted by molar-refractivity contribution is 0.284. The number of thiazole rings is 1. The van der Waals surface area contributed by atoms with Crippen molar-refractivity contribution in [2.45, 2.75) is 53.2 Å². The van der Waals surface area contributed by atoms with E-state index in [1.54, 1.807) is 11.3 Å². The number of hydrogen-bond donors (Lipinski definition) is 1. The van der Waals surface area contributed by atoms with Gasteiger partial charge in [0.1, 0.15) is 0 Å². The van der Waals surface area contributed by atoms with Crippen molar-refractivity contribution < 1.29 is 5.11 Å². The van der Waals surface area contributed by atoms with Crippen LogP contribution in [-0.4, -0.2) is 23.2 Å². The van der Waals surface area contributed by atoms with E-state index in [4.69, 9.17) is 0 Å². The molecule has 1 N–H and O–H groups in total. The molecule has 1 atom stereocenters. The maximum absolute atomic E-state index is 9.28. The average Bonchev–Trinajstić information content (AvgIpc) is 2.69. The Kier molecular flexibility index (Phi) is 5.40. The van der Waals surface area contributed by atoms with E-state index in [1.165, 1.54) is 0 Å². The number of anilines is 1. The van der Waals surface area contributed by atoms with Crippen LogP contribution in [0.4, 0.5) is 5.13 Å². The van der Waals surface area contributed by atoms with Crippen LogP contribution in [0.2, 0.25) is 0 Å². The van der Waals surface area contributed by atoms with Gasteiger partial charge < -0.3 is 10.0 Å². The van der Waals surface area contributed by atoms with Gasteiger partial charge in [0.2, 0.25) is 0 Å². The quantitative estimate of drug-likeness (QED) is 0.850. The van der Waals surface area contributed by atoms with Crippen LogP contribution in [0, 0.1) is 5.92 Å². The van der Waals surface area contributed by atoms with Crippen molar-refractivity contribution >= 4 is 16.5 Å². The zero-order chi connectivity index (χ0) is 13.0. The van der Waals surface area contributed by atoms with Crippen molar-refractivity contribution in [1.82, 2.24) is 4.98 Å². The Balaban J connectivity index is 2.81. The highest BCUT2D eigenvalue weighted by Crippen LogP contribution is 2.28. The minimum Gasteiger partial charge on any atom is -0.391 e. The number of aromatic nitrogens is 1. The molecular formula is C13H24N2OS. The largest absolute Gasteiger partial charge is 0.391 e.